The van der Waals surface area contributed by atoms with Gasteiger partial charge in [-0.25, -0.2) is 18.8 Å². The Morgan fingerprint density at radius 2 is 1.92 bits per heavy atom. The van der Waals surface area contributed by atoms with Gasteiger partial charge >= 0.3 is 18.2 Å². The standard InChI is InChI=1S/C36H49FN4O8/c1-5-6-17-27-29(48-34(47)40-20-22-13-12-15-25(37)24(22)21-40)18-28-30(42)39-36(32(44)45)19-23(36)14-10-8-7-9-11-16-26(31(43)41(27)28)38-33(46)49-35(2,3)4/h10,12-15,23,26-29H,5-9,11,16-21H2,1-4H3,(H,38,46)(H,39,42)(H,44,45)/t23-,26+,27+,28+,29-,36-/m1/s1. The van der Waals surface area contributed by atoms with Crippen molar-refractivity contribution in [2.45, 2.75) is 140 Å². The van der Waals surface area contributed by atoms with E-state index in [9.17, 15) is 33.5 Å². The van der Waals surface area contributed by atoms with Gasteiger partial charge in [-0.15, -0.1) is 0 Å². The molecule has 6 atom stereocenters. The van der Waals surface area contributed by atoms with Crippen LogP contribution in [0.3, 0.4) is 0 Å². The number of hydrogen-bond acceptors (Lipinski definition) is 7. The fourth-order valence-electron chi connectivity index (χ4n) is 7.23. The smallest absolute Gasteiger partial charge is 0.410 e. The van der Waals surface area contributed by atoms with Crippen molar-refractivity contribution in [3.05, 3.63) is 47.3 Å². The summed E-state index contributed by atoms with van der Waals surface area (Å²) in [6, 6.07) is 1.73. The van der Waals surface area contributed by atoms with Crippen LogP contribution >= 0.6 is 0 Å². The number of hydrogen-bond donors (Lipinski definition) is 3. The topological polar surface area (TPSA) is 155 Å². The van der Waals surface area contributed by atoms with Crippen molar-refractivity contribution in [2.24, 2.45) is 5.92 Å². The fourth-order valence-corrected chi connectivity index (χ4v) is 7.23. The van der Waals surface area contributed by atoms with Gasteiger partial charge in [0.2, 0.25) is 11.8 Å². The number of rotatable bonds is 6. The molecule has 3 heterocycles. The van der Waals surface area contributed by atoms with Crippen LogP contribution < -0.4 is 10.6 Å². The summed E-state index contributed by atoms with van der Waals surface area (Å²) >= 11 is 0. The van der Waals surface area contributed by atoms with Crippen molar-refractivity contribution < 1.29 is 42.9 Å². The number of carboxylic acid groups (broad SMARTS) is 1. The van der Waals surface area contributed by atoms with Crippen molar-refractivity contribution in [3.63, 3.8) is 0 Å². The second-order valence-corrected chi connectivity index (χ2v) is 14.7. The van der Waals surface area contributed by atoms with Gasteiger partial charge in [0.05, 0.1) is 12.6 Å². The molecule has 0 bridgehead atoms. The molecule has 0 aromatic heterocycles. The molecule has 268 valence electrons. The summed E-state index contributed by atoms with van der Waals surface area (Å²) < 4.78 is 26.0. The lowest BCUT2D eigenvalue weighted by Crippen LogP contribution is -2.58. The number of unbranched alkanes of at least 4 members (excludes halogenated alkanes) is 1. The monoisotopic (exact) mass is 684 g/mol. The summed E-state index contributed by atoms with van der Waals surface area (Å²) in [6.07, 6.45) is 6.52. The summed E-state index contributed by atoms with van der Waals surface area (Å²) in [5.41, 5.74) is -1.23. The SMILES string of the molecule is CCCC[C@H]1[C@H](OC(=O)N2Cc3cccc(F)c3C2)C[C@H]2C(=O)N[C@]3(C(=O)O)C[C@H]3C=CCCCCC[C@H](NC(=O)OC(C)(C)C)C(=O)N21. The van der Waals surface area contributed by atoms with E-state index >= 15 is 0 Å². The zero-order valence-corrected chi connectivity index (χ0v) is 28.8. The first-order chi connectivity index (χ1) is 23.2. The molecule has 0 unspecified atom stereocenters. The third-order valence-corrected chi connectivity index (χ3v) is 9.89. The minimum absolute atomic E-state index is 0.0255. The number of nitrogens with one attached hydrogen (secondary N) is 2. The van der Waals surface area contributed by atoms with E-state index in [0.717, 1.165) is 19.3 Å². The van der Waals surface area contributed by atoms with Crippen LogP contribution in [-0.4, -0.2) is 80.2 Å². The zero-order chi connectivity index (χ0) is 35.5. The van der Waals surface area contributed by atoms with Gasteiger partial charge in [0.1, 0.15) is 35.1 Å². The molecule has 13 heteroatoms. The number of halogens is 1. The van der Waals surface area contributed by atoms with Crippen molar-refractivity contribution in [1.29, 1.82) is 0 Å². The number of allylic oxidation sites excluding steroid dienone is 1. The zero-order valence-electron chi connectivity index (χ0n) is 28.8. The highest BCUT2D eigenvalue weighted by molar-refractivity contribution is 5.96. The molecule has 4 amide bonds. The van der Waals surface area contributed by atoms with Gasteiger partial charge in [0.15, 0.2) is 0 Å². The molecule has 49 heavy (non-hydrogen) atoms. The van der Waals surface area contributed by atoms with E-state index in [1.54, 1.807) is 32.9 Å². The molecule has 0 spiro atoms. The highest BCUT2D eigenvalue weighted by Crippen LogP contribution is 2.46. The third kappa shape index (κ3) is 8.18. The Bertz CT molecular complexity index is 1480. The van der Waals surface area contributed by atoms with E-state index in [2.05, 4.69) is 10.6 Å². The van der Waals surface area contributed by atoms with Crippen LogP contribution in [0.25, 0.3) is 0 Å². The lowest BCUT2D eigenvalue weighted by atomic mass is 10.0. The molecule has 3 N–H and O–H groups in total. The minimum atomic E-state index is -1.50. The van der Waals surface area contributed by atoms with Crippen molar-refractivity contribution in [3.8, 4) is 0 Å². The molecule has 1 aromatic rings. The second kappa shape index (κ2) is 14.8. The number of carbonyl (C=O) groups is 5. The van der Waals surface area contributed by atoms with Gasteiger partial charge in [-0.3, -0.25) is 14.5 Å². The maximum atomic E-state index is 14.6. The normalized spacial score (nSPS) is 28.7. The number of alkyl carbamates (subject to hydrolysis) is 1. The molecule has 3 aliphatic heterocycles. The molecule has 1 saturated heterocycles. The Kier molecular flexibility index (Phi) is 10.9. The van der Waals surface area contributed by atoms with Gasteiger partial charge in [0.25, 0.3) is 0 Å². The van der Waals surface area contributed by atoms with Crippen molar-refractivity contribution >= 4 is 30.0 Å². The summed E-state index contributed by atoms with van der Waals surface area (Å²) in [5, 5.41) is 15.7. The van der Waals surface area contributed by atoms with Crippen LogP contribution in [0.2, 0.25) is 0 Å². The Balaban J connectivity index is 1.47. The molecular formula is C36H49FN4O8. The van der Waals surface area contributed by atoms with Crippen LogP contribution in [-0.2, 0) is 36.9 Å². The molecule has 2 fully saturated rings. The van der Waals surface area contributed by atoms with E-state index in [-0.39, 0.29) is 32.4 Å². The Labute approximate surface area is 286 Å². The lowest BCUT2D eigenvalue weighted by Gasteiger charge is -2.35. The van der Waals surface area contributed by atoms with Crippen LogP contribution in [0.1, 0.15) is 103 Å². The number of nitrogens with zero attached hydrogens (tertiary/aromatic N) is 2. The summed E-state index contributed by atoms with van der Waals surface area (Å²) in [4.78, 5) is 70.6. The molecular weight excluding hydrogens is 635 g/mol. The summed E-state index contributed by atoms with van der Waals surface area (Å²) in [5.74, 6) is -3.15. The molecule has 1 aromatic carbocycles. The first-order valence-corrected chi connectivity index (χ1v) is 17.5. The van der Waals surface area contributed by atoms with Gasteiger partial charge in [-0.05, 0) is 64.5 Å². The fraction of sp³-hybridized carbons (Fsp3) is 0.639. The van der Waals surface area contributed by atoms with Crippen LogP contribution in [0.15, 0.2) is 30.4 Å². The van der Waals surface area contributed by atoms with Gasteiger partial charge in [-0.2, -0.15) is 0 Å². The largest absolute Gasteiger partial charge is 0.479 e. The molecule has 1 saturated carbocycles. The molecule has 12 nitrogen and oxygen atoms in total. The van der Waals surface area contributed by atoms with Crippen LogP contribution in [0.4, 0.5) is 14.0 Å². The maximum absolute atomic E-state index is 14.6. The Hall–Kier alpha value is -4.16. The number of amides is 4. The maximum Gasteiger partial charge on any atom is 0.410 e. The number of fused-ring (bicyclic) bond motifs is 3. The average molecular weight is 685 g/mol. The predicted molar refractivity (Wildman–Crippen MR) is 176 cm³/mol. The molecule has 4 aliphatic rings. The summed E-state index contributed by atoms with van der Waals surface area (Å²) in [6.45, 7) is 7.31. The van der Waals surface area contributed by atoms with E-state index in [0.29, 0.717) is 36.8 Å². The number of ether oxygens (including phenoxy) is 2. The lowest BCUT2D eigenvalue weighted by molar-refractivity contribution is -0.146. The Morgan fingerprint density at radius 1 is 1.14 bits per heavy atom. The first-order valence-electron chi connectivity index (χ1n) is 17.5. The second-order valence-electron chi connectivity index (χ2n) is 14.7. The van der Waals surface area contributed by atoms with E-state index < -0.39 is 77.1 Å². The molecule has 5 rings (SSSR count). The highest BCUT2D eigenvalue weighted by atomic mass is 19.1. The molecule has 0 radical (unpaired) electrons. The number of benzene rings is 1. The third-order valence-electron chi connectivity index (χ3n) is 9.89. The summed E-state index contributed by atoms with van der Waals surface area (Å²) in [7, 11) is 0. The molecule has 1 aliphatic carbocycles. The van der Waals surface area contributed by atoms with E-state index in [1.165, 1.54) is 15.9 Å². The van der Waals surface area contributed by atoms with Gasteiger partial charge < -0.3 is 30.1 Å². The van der Waals surface area contributed by atoms with E-state index in [1.807, 2.05) is 19.1 Å². The van der Waals surface area contributed by atoms with Gasteiger partial charge in [-0.1, -0.05) is 56.9 Å². The predicted octanol–water partition coefficient (Wildman–Crippen LogP) is 5.18. The van der Waals surface area contributed by atoms with E-state index in [4.69, 9.17) is 9.47 Å². The first kappa shape index (κ1) is 36.1. The Morgan fingerprint density at radius 3 is 2.61 bits per heavy atom. The highest BCUT2D eigenvalue weighted by Gasteiger charge is 2.62. The van der Waals surface area contributed by atoms with Crippen molar-refractivity contribution in [1.82, 2.24) is 20.4 Å². The average Bonchev–Trinajstić information content (AvgIpc) is 3.35. The quantitative estimate of drug-likeness (QED) is 0.347. The minimum Gasteiger partial charge on any atom is -0.479 e. The van der Waals surface area contributed by atoms with Gasteiger partial charge in [0, 0.05) is 24.4 Å². The van der Waals surface area contributed by atoms with Crippen LogP contribution in [0.5, 0.6) is 0 Å². The number of carboxylic acids is 1. The van der Waals surface area contributed by atoms with Crippen LogP contribution in [0, 0.1) is 11.7 Å². The number of aliphatic carboxylic acids is 1. The number of carbonyl (C=O) groups excluding carboxylic acids is 4. The van der Waals surface area contributed by atoms with Crippen molar-refractivity contribution in [2.75, 3.05) is 0 Å².